The Morgan fingerprint density at radius 1 is 1.24 bits per heavy atom. The minimum absolute atomic E-state index is 0.0544. The molecule has 5 heteroatoms. The van der Waals surface area contributed by atoms with Crippen molar-refractivity contribution >= 4 is 17.3 Å². The second kappa shape index (κ2) is 6.15. The molecule has 1 atom stereocenters. The number of rotatable bonds is 2. The fraction of sp³-hybridized carbons (Fsp3) is 0.400. The standard InChI is InChI=1S/C20H23NO4/c1-19(2,3)21-17-15(16(22)13-9-5-4-6-10-13)18(23)20(17,24)14-11-7-8-12-25-14/h4-6,9-11,22,24H,7-8,12H2,1-3H3/b16-15+,21-17?. The Morgan fingerprint density at radius 3 is 2.48 bits per heavy atom. The monoisotopic (exact) mass is 341 g/mol. The molecular formula is C20H23NO4. The number of aliphatic hydroxyl groups is 2. The Kier molecular flexibility index (Phi) is 4.29. The summed E-state index contributed by atoms with van der Waals surface area (Å²) >= 11 is 0. The van der Waals surface area contributed by atoms with E-state index < -0.39 is 16.9 Å². The summed E-state index contributed by atoms with van der Waals surface area (Å²) in [6.07, 6.45) is 3.31. The first-order valence-corrected chi connectivity index (χ1v) is 8.45. The van der Waals surface area contributed by atoms with Gasteiger partial charge in [-0.25, -0.2) is 0 Å². The number of carbonyl (C=O) groups is 1. The van der Waals surface area contributed by atoms with Gasteiger partial charge in [0.25, 0.3) is 0 Å². The zero-order chi connectivity index (χ0) is 18.2. The van der Waals surface area contributed by atoms with E-state index in [1.54, 1.807) is 30.3 Å². The molecule has 2 aliphatic rings. The number of benzene rings is 1. The van der Waals surface area contributed by atoms with E-state index in [9.17, 15) is 15.0 Å². The highest BCUT2D eigenvalue weighted by Crippen LogP contribution is 2.42. The van der Waals surface area contributed by atoms with Gasteiger partial charge in [-0.3, -0.25) is 9.79 Å². The second-order valence-electron chi connectivity index (χ2n) is 7.32. The Morgan fingerprint density at radius 2 is 1.92 bits per heavy atom. The lowest BCUT2D eigenvalue weighted by molar-refractivity contribution is -0.130. The van der Waals surface area contributed by atoms with Crippen molar-refractivity contribution in [2.45, 2.75) is 44.8 Å². The average Bonchev–Trinajstić information content (AvgIpc) is 2.61. The van der Waals surface area contributed by atoms with E-state index >= 15 is 0 Å². The van der Waals surface area contributed by atoms with Crippen LogP contribution in [0.4, 0.5) is 0 Å². The molecule has 5 nitrogen and oxygen atoms in total. The summed E-state index contributed by atoms with van der Waals surface area (Å²) in [6.45, 7) is 6.07. The third-order valence-corrected chi connectivity index (χ3v) is 4.16. The fourth-order valence-corrected chi connectivity index (χ4v) is 2.98. The lowest BCUT2D eigenvalue weighted by Gasteiger charge is -2.42. The van der Waals surface area contributed by atoms with Gasteiger partial charge in [-0.15, -0.1) is 0 Å². The molecule has 1 fully saturated rings. The molecule has 0 amide bonds. The normalized spacial score (nSPS) is 27.4. The van der Waals surface area contributed by atoms with Gasteiger partial charge in [0.2, 0.25) is 11.4 Å². The van der Waals surface area contributed by atoms with Crippen molar-refractivity contribution in [1.29, 1.82) is 0 Å². The highest BCUT2D eigenvalue weighted by molar-refractivity contribution is 6.49. The van der Waals surface area contributed by atoms with Crippen molar-refractivity contribution in [3.63, 3.8) is 0 Å². The van der Waals surface area contributed by atoms with E-state index in [2.05, 4.69) is 4.99 Å². The van der Waals surface area contributed by atoms with Crippen LogP contribution in [0.5, 0.6) is 0 Å². The maximum Gasteiger partial charge on any atom is 0.227 e. The maximum absolute atomic E-state index is 12.8. The average molecular weight is 341 g/mol. The van der Waals surface area contributed by atoms with E-state index in [0.717, 1.165) is 12.8 Å². The van der Waals surface area contributed by atoms with Crippen molar-refractivity contribution in [2.24, 2.45) is 4.99 Å². The minimum Gasteiger partial charge on any atom is -0.506 e. The fourth-order valence-electron chi connectivity index (χ4n) is 2.98. The van der Waals surface area contributed by atoms with Gasteiger partial charge in [0.05, 0.1) is 23.4 Å². The van der Waals surface area contributed by atoms with Crippen molar-refractivity contribution in [1.82, 2.24) is 0 Å². The van der Waals surface area contributed by atoms with Crippen LogP contribution in [0.2, 0.25) is 0 Å². The molecule has 25 heavy (non-hydrogen) atoms. The van der Waals surface area contributed by atoms with E-state index in [4.69, 9.17) is 4.74 Å². The molecule has 0 bridgehead atoms. The molecule has 1 saturated carbocycles. The van der Waals surface area contributed by atoms with E-state index in [1.165, 1.54) is 0 Å². The molecule has 1 aromatic carbocycles. The number of ether oxygens (including phenoxy) is 1. The van der Waals surface area contributed by atoms with Crippen LogP contribution >= 0.6 is 0 Å². The summed E-state index contributed by atoms with van der Waals surface area (Å²) in [5.41, 5.74) is -1.71. The first-order chi connectivity index (χ1) is 11.7. The third kappa shape index (κ3) is 3.00. The number of hydrogen-bond acceptors (Lipinski definition) is 5. The van der Waals surface area contributed by atoms with Crippen molar-refractivity contribution < 1.29 is 19.7 Å². The molecule has 3 rings (SSSR count). The van der Waals surface area contributed by atoms with Gasteiger partial charge in [0.15, 0.2) is 0 Å². The Balaban J connectivity index is 2.14. The molecule has 0 aromatic heterocycles. The minimum atomic E-state index is -1.91. The van der Waals surface area contributed by atoms with Gasteiger partial charge in [0, 0.05) is 5.56 Å². The topological polar surface area (TPSA) is 79.1 Å². The van der Waals surface area contributed by atoms with Gasteiger partial charge in [-0.05, 0) is 39.7 Å². The number of Topliss-reactive ketones (excluding diaryl/α,β-unsaturated/α-hetero) is 1. The van der Waals surface area contributed by atoms with Gasteiger partial charge < -0.3 is 14.9 Å². The SMILES string of the molecule is CC(C)(C)N=C1/C(=C(\O)c2ccccc2)C(=O)C1(O)C1=CCCCO1. The first kappa shape index (κ1) is 17.4. The first-order valence-electron chi connectivity index (χ1n) is 8.45. The van der Waals surface area contributed by atoms with Crippen LogP contribution in [0.1, 0.15) is 39.2 Å². The van der Waals surface area contributed by atoms with Crippen LogP contribution in [0, 0.1) is 0 Å². The van der Waals surface area contributed by atoms with Crippen LogP contribution in [0.3, 0.4) is 0 Å². The summed E-state index contributed by atoms with van der Waals surface area (Å²) in [5, 5.41) is 21.7. The van der Waals surface area contributed by atoms with Gasteiger partial charge in [-0.2, -0.15) is 0 Å². The van der Waals surface area contributed by atoms with E-state index in [-0.39, 0.29) is 22.8 Å². The number of aliphatic hydroxyl groups excluding tert-OH is 1. The van der Waals surface area contributed by atoms with Gasteiger partial charge in [-0.1, -0.05) is 30.3 Å². The van der Waals surface area contributed by atoms with E-state index in [1.807, 2.05) is 26.8 Å². The predicted molar refractivity (Wildman–Crippen MR) is 96.4 cm³/mol. The summed E-state index contributed by atoms with van der Waals surface area (Å²) in [4.78, 5) is 17.4. The van der Waals surface area contributed by atoms with Crippen LogP contribution < -0.4 is 0 Å². The number of allylic oxidation sites excluding steroid dienone is 1. The van der Waals surface area contributed by atoms with Crippen molar-refractivity contribution in [2.75, 3.05) is 6.61 Å². The highest BCUT2D eigenvalue weighted by Gasteiger charge is 2.61. The number of aliphatic imine (C=N–C) groups is 1. The van der Waals surface area contributed by atoms with Crippen molar-refractivity contribution in [3.05, 3.63) is 53.3 Å². The zero-order valence-corrected chi connectivity index (χ0v) is 14.7. The summed E-state index contributed by atoms with van der Waals surface area (Å²) in [5.74, 6) is -0.531. The van der Waals surface area contributed by atoms with Crippen molar-refractivity contribution in [3.8, 4) is 0 Å². The molecule has 1 unspecified atom stereocenters. The molecular weight excluding hydrogens is 318 g/mol. The van der Waals surface area contributed by atoms with Crippen LogP contribution in [0.15, 0.2) is 52.7 Å². The molecule has 0 radical (unpaired) electrons. The van der Waals surface area contributed by atoms with E-state index in [0.29, 0.717) is 12.2 Å². The highest BCUT2D eigenvalue weighted by atomic mass is 16.5. The molecule has 132 valence electrons. The third-order valence-electron chi connectivity index (χ3n) is 4.16. The van der Waals surface area contributed by atoms with Crippen LogP contribution in [-0.2, 0) is 9.53 Å². The number of ketones is 1. The zero-order valence-electron chi connectivity index (χ0n) is 14.7. The second-order valence-corrected chi connectivity index (χ2v) is 7.32. The Bertz CT molecular complexity index is 784. The molecule has 1 aliphatic carbocycles. The van der Waals surface area contributed by atoms with Gasteiger partial charge >= 0.3 is 0 Å². The van der Waals surface area contributed by atoms with Crippen LogP contribution in [0.25, 0.3) is 5.76 Å². The Hall–Kier alpha value is -2.40. The number of hydrogen-bond donors (Lipinski definition) is 2. The molecule has 1 aliphatic heterocycles. The molecule has 2 N–H and O–H groups in total. The van der Waals surface area contributed by atoms with Crippen LogP contribution in [-0.4, -0.2) is 39.5 Å². The molecule has 1 heterocycles. The molecule has 1 aromatic rings. The lowest BCUT2D eigenvalue weighted by atomic mass is 9.68. The summed E-state index contributed by atoms with van der Waals surface area (Å²) in [6, 6.07) is 8.78. The number of carbonyl (C=O) groups excluding carboxylic acids is 1. The molecule has 0 spiro atoms. The quantitative estimate of drug-likeness (QED) is 0.639. The lowest BCUT2D eigenvalue weighted by Crippen LogP contribution is -2.62. The Labute approximate surface area is 147 Å². The predicted octanol–water partition coefficient (Wildman–Crippen LogP) is 3.20. The largest absolute Gasteiger partial charge is 0.506 e. The van der Waals surface area contributed by atoms with Gasteiger partial charge in [0.1, 0.15) is 11.5 Å². The summed E-state index contributed by atoms with van der Waals surface area (Å²) < 4.78 is 5.54. The smallest absolute Gasteiger partial charge is 0.227 e. The maximum atomic E-state index is 12.8. The summed E-state index contributed by atoms with van der Waals surface area (Å²) in [7, 11) is 0. The number of nitrogens with zero attached hydrogens (tertiary/aromatic N) is 1. The molecule has 0 saturated heterocycles.